The molecule has 0 atom stereocenters. The van der Waals surface area contributed by atoms with E-state index in [4.69, 9.17) is 0 Å². The third kappa shape index (κ3) is 3.56. The van der Waals surface area contributed by atoms with E-state index in [0.29, 0.717) is 0 Å². The molecule has 0 amide bonds. The number of allylic oxidation sites excluding steroid dienone is 4. The normalized spacial score (nSPS) is 10.5. The van der Waals surface area contributed by atoms with Crippen molar-refractivity contribution in [3.63, 3.8) is 0 Å². The summed E-state index contributed by atoms with van der Waals surface area (Å²) in [5.74, 6) is 0. The summed E-state index contributed by atoms with van der Waals surface area (Å²) in [6.45, 7) is 10.4. The minimum absolute atomic E-state index is 0.733. The van der Waals surface area contributed by atoms with Crippen LogP contribution >= 0.6 is 0 Å². The molecule has 0 fully saturated rings. The first-order valence-electron chi connectivity index (χ1n) is 4.17. The second kappa shape index (κ2) is 4.45. The van der Waals surface area contributed by atoms with Crippen LogP contribution in [-0.4, -0.2) is 9.78 Å². The summed E-state index contributed by atoms with van der Waals surface area (Å²) in [6, 6.07) is 1.90. The van der Waals surface area contributed by atoms with E-state index in [1.807, 2.05) is 36.0 Å². The summed E-state index contributed by atoms with van der Waals surface area (Å²) in [6.07, 6.45) is 7.59. The predicted molar refractivity (Wildman–Crippen MR) is 55.3 cm³/mol. The molecular weight excluding hydrogens is 160 g/mol. The lowest BCUT2D eigenvalue weighted by Gasteiger charge is -1.99. The SMILES string of the molecule is C=C(C)/C=C\C(=C)Cn1cccn1. The molecule has 0 radical (unpaired) electrons. The Hall–Kier alpha value is -1.57. The van der Waals surface area contributed by atoms with Crippen LogP contribution in [0.2, 0.25) is 0 Å². The summed E-state index contributed by atoms with van der Waals surface area (Å²) >= 11 is 0. The number of aromatic nitrogens is 2. The Kier molecular flexibility index (Phi) is 3.26. The van der Waals surface area contributed by atoms with E-state index in [-0.39, 0.29) is 0 Å². The van der Waals surface area contributed by atoms with Crippen LogP contribution in [0.5, 0.6) is 0 Å². The first kappa shape index (κ1) is 9.52. The van der Waals surface area contributed by atoms with Gasteiger partial charge in [0.1, 0.15) is 0 Å². The van der Waals surface area contributed by atoms with Gasteiger partial charge in [0, 0.05) is 12.4 Å². The number of nitrogens with zero attached hydrogens (tertiary/aromatic N) is 2. The molecule has 0 aliphatic heterocycles. The van der Waals surface area contributed by atoms with Gasteiger partial charge in [-0.2, -0.15) is 5.10 Å². The Morgan fingerprint density at radius 3 is 2.77 bits per heavy atom. The average Bonchev–Trinajstić information content (AvgIpc) is 2.53. The first-order valence-corrected chi connectivity index (χ1v) is 4.17. The van der Waals surface area contributed by atoms with Crippen LogP contribution in [0.4, 0.5) is 0 Å². The largest absolute Gasteiger partial charge is 0.268 e. The molecule has 1 aromatic heterocycles. The fourth-order valence-corrected chi connectivity index (χ4v) is 0.915. The molecule has 0 saturated carbocycles. The monoisotopic (exact) mass is 174 g/mol. The van der Waals surface area contributed by atoms with Crippen LogP contribution in [0.3, 0.4) is 0 Å². The number of rotatable bonds is 4. The lowest BCUT2D eigenvalue weighted by atomic mass is 10.2. The summed E-state index contributed by atoms with van der Waals surface area (Å²) < 4.78 is 1.84. The summed E-state index contributed by atoms with van der Waals surface area (Å²) in [4.78, 5) is 0. The molecule has 0 aromatic carbocycles. The summed E-state index contributed by atoms with van der Waals surface area (Å²) in [7, 11) is 0. The second-order valence-corrected chi connectivity index (χ2v) is 3.04. The van der Waals surface area contributed by atoms with Gasteiger partial charge in [-0.3, -0.25) is 4.68 Å². The van der Waals surface area contributed by atoms with Gasteiger partial charge in [0.05, 0.1) is 6.54 Å². The molecule has 0 N–H and O–H groups in total. The first-order chi connectivity index (χ1) is 6.18. The highest BCUT2D eigenvalue weighted by Crippen LogP contribution is 2.00. The van der Waals surface area contributed by atoms with Crippen LogP contribution in [0.15, 0.2) is 54.9 Å². The van der Waals surface area contributed by atoms with Gasteiger partial charge in [0.15, 0.2) is 0 Å². The van der Waals surface area contributed by atoms with Gasteiger partial charge in [0.25, 0.3) is 0 Å². The Morgan fingerprint density at radius 1 is 1.46 bits per heavy atom. The van der Waals surface area contributed by atoms with E-state index < -0.39 is 0 Å². The molecular formula is C11H14N2. The van der Waals surface area contributed by atoms with Gasteiger partial charge in [-0.05, 0) is 18.6 Å². The van der Waals surface area contributed by atoms with Crippen molar-refractivity contribution in [3.05, 3.63) is 54.9 Å². The van der Waals surface area contributed by atoms with Crippen LogP contribution in [-0.2, 0) is 6.54 Å². The third-order valence-electron chi connectivity index (χ3n) is 1.53. The highest BCUT2D eigenvalue weighted by Gasteiger charge is 1.91. The quantitative estimate of drug-likeness (QED) is 0.641. The Balaban J connectivity index is 2.47. The smallest absolute Gasteiger partial charge is 0.0653 e. The summed E-state index contributed by atoms with van der Waals surface area (Å²) in [5, 5.41) is 4.08. The zero-order valence-corrected chi connectivity index (χ0v) is 7.90. The maximum atomic E-state index is 4.08. The van der Waals surface area contributed by atoms with Gasteiger partial charge in [-0.15, -0.1) is 0 Å². The van der Waals surface area contributed by atoms with Crippen molar-refractivity contribution in [2.24, 2.45) is 0 Å². The van der Waals surface area contributed by atoms with E-state index >= 15 is 0 Å². The average molecular weight is 174 g/mol. The number of hydrogen-bond acceptors (Lipinski definition) is 1. The molecule has 2 nitrogen and oxygen atoms in total. The van der Waals surface area contributed by atoms with Crippen molar-refractivity contribution in [1.29, 1.82) is 0 Å². The minimum Gasteiger partial charge on any atom is -0.268 e. The van der Waals surface area contributed by atoms with Gasteiger partial charge in [-0.25, -0.2) is 0 Å². The molecule has 1 aromatic rings. The van der Waals surface area contributed by atoms with E-state index in [2.05, 4.69) is 18.3 Å². The molecule has 2 heteroatoms. The summed E-state index contributed by atoms with van der Waals surface area (Å²) in [5.41, 5.74) is 2.05. The van der Waals surface area contributed by atoms with Crippen molar-refractivity contribution in [3.8, 4) is 0 Å². The molecule has 13 heavy (non-hydrogen) atoms. The zero-order valence-electron chi connectivity index (χ0n) is 7.90. The molecule has 0 spiro atoms. The molecule has 68 valence electrons. The third-order valence-corrected chi connectivity index (χ3v) is 1.53. The van der Waals surface area contributed by atoms with Crippen molar-refractivity contribution < 1.29 is 0 Å². The fourth-order valence-electron chi connectivity index (χ4n) is 0.915. The van der Waals surface area contributed by atoms with Gasteiger partial charge < -0.3 is 0 Å². The van der Waals surface area contributed by atoms with Crippen LogP contribution < -0.4 is 0 Å². The van der Waals surface area contributed by atoms with Gasteiger partial charge >= 0.3 is 0 Å². The Bertz CT molecular complexity index is 318. The molecule has 1 heterocycles. The molecule has 0 saturated heterocycles. The highest BCUT2D eigenvalue weighted by molar-refractivity contribution is 5.22. The molecule has 0 bridgehead atoms. The van der Waals surface area contributed by atoms with Crippen molar-refractivity contribution in [2.45, 2.75) is 13.5 Å². The second-order valence-electron chi connectivity index (χ2n) is 3.04. The zero-order chi connectivity index (χ0) is 9.68. The molecule has 0 aliphatic rings. The van der Waals surface area contributed by atoms with E-state index in [0.717, 1.165) is 17.7 Å². The molecule has 0 aliphatic carbocycles. The molecule has 0 unspecified atom stereocenters. The van der Waals surface area contributed by atoms with Gasteiger partial charge in [0.2, 0.25) is 0 Å². The van der Waals surface area contributed by atoms with Crippen molar-refractivity contribution in [2.75, 3.05) is 0 Å². The van der Waals surface area contributed by atoms with Gasteiger partial charge in [-0.1, -0.05) is 30.9 Å². The van der Waals surface area contributed by atoms with Crippen LogP contribution in [0.1, 0.15) is 6.92 Å². The minimum atomic E-state index is 0.733. The standard InChI is InChI=1S/C11H14N2/c1-10(2)5-6-11(3)9-13-8-4-7-12-13/h4-8H,1,3,9H2,2H3/b6-5-. The lowest BCUT2D eigenvalue weighted by Crippen LogP contribution is -1.98. The van der Waals surface area contributed by atoms with E-state index in [1.54, 1.807) is 6.20 Å². The Labute approximate surface area is 78.9 Å². The van der Waals surface area contributed by atoms with Crippen LogP contribution in [0, 0.1) is 0 Å². The van der Waals surface area contributed by atoms with Crippen molar-refractivity contribution >= 4 is 0 Å². The Morgan fingerprint density at radius 2 is 2.23 bits per heavy atom. The maximum Gasteiger partial charge on any atom is 0.0653 e. The topological polar surface area (TPSA) is 17.8 Å². The van der Waals surface area contributed by atoms with E-state index in [1.165, 1.54) is 0 Å². The predicted octanol–water partition coefficient (Wildman–Crippen LogP) is 2.57. The molecule has 1 rings (SSSR count). The maximum absolute atomic E-state index is 4.08. The lowest BCUT2D eigenvalue weighted by molar-refractivity contribution is 0.687. The van der Waals surface area contributed by atoms with E-state index in [9.17, 15) is 0 Å². The van der Waals surface area contributed by atoms with Crippen molar-refractivity contribution in [1.82, 2.24) is 9.78 Å². The fraction of sp³-hybridized carbons (Fsp3) is 0.182. The van der Waals surface area contributed by atoms with Crippen LogP contribution in [0.25, 0.3) is 0 Å². The number of hydrogen-bond donors (Lipinski definition) is 0. The highest BCUT2D eigenvalue weighted by atomic mass is 15.3.